The van der Waals surface area contributed by atoms with Gasteiger partial charge in [-0.2, -0.15) is 11.8 Å². The summed E-state index contributed by atoms with van der Waals surface area (Å²) in [5.74, 6) is 2.13. The van der Waals surface area contributed by atoms with Gasteiger partial charge >= 0.3 is 0 Å². The fourth-order valence-electron chi connectivity index (χ4n) is 2.66. The molecule has 0 atom stereocenters. The molecule has 110 valence electrons. The van der Waals surface area contributed by atoms with Gasteiger partial charge in [0.1, 0.15) is 0 Å². The molecule has 1 aliphatic rings. The number of fused-ring (bicyclic) bond motifs is 1. The van der Waals surface area contributed by atoms with Crippen LogP contribution in [0.25, 0.3) is 4.96 Å². The number of nitrogens with one attached hydrogen (secondary N) is 1. The van der Waals surface area contributed by atoms with Gasteiger partial charge in [0, 0.05) is 24.2 Å². The smallest absolute Gasteiger partial charge is 0.194 e. The second-order valence-electron chi connectivity index (χ2n) is 5.58. The molecule has 0 aromatic carbocycles. The van der Waals surface area contributed by atoms with Gasteiger partial charge in [-0.3, -0.25) is 4.40 Å². The third-order valence-corrected chi connectivity index (χ3v) is 5.79. The summed E-state index contributed by atoms with van der Waals surface area (Å²) in [7, 11) is 0. The predicted molar refractivity (Wildman–Crippen MR) is 85.8 cm³/mol. The first kappa shape index (κ1) is 14.4. The number of hydrogen-bond acceptors (Lipinski definition) is 5. The summed E-state index contributed by atoms with van der Waals surface area (Å²) >= 11 is 3.65. The Morgan fingerprint density at radius 3 is 2.90 bits per heavy atom. The van der Waals surface area contributed by atoms with Crippen LogP contribution in [0.4, 0.5) is 0 Å². The SMILES string of the molecule is Cc1cn2c(CNCC3(O)CCSCC3)c(C)nc2s1. The van der Waals surface area contributed by atoms with Crippen molar-refractivity contribution in [2.24, 2.45) is 0 Å². The van der Waals surface area contributed by atoms with E-state index in [1.165, 1.54) is 10.6 Å². The van der Waals surface area contributed by atoms with Crippen molar-refractivity contribution in [2.45, 2.75) is 38.8 Å². The molecule has 1 saturated heterocycles. The van der Waals surface area contributed by atoms with Crippen molar-refractivity contribution in [1.29, 1.82) is 0 Å². The summed E-state index contributed by atoms with van der Waals surface area (Å²) in [6.45, 7) is 5.59. The van der Waals surface area contributed by atoms with Crippen LogP contribution in [0.3, 0.4) is 0 Å². The molecule has 2 aromatic rings. The van der Waals surface area contributed by atoms with E-state index in [4.69, 9.17) is 0 Å². The molecular formula is C14H21N3OS2. The Balaban J connectivity index is 1.66. The quantitative estimate of drug-likeness (QED) is 0.910. The summed E-state index contributed by atoms with van der Waals surface area (Å²) in [6.07, 6.45) is 3.93. The van der Waals surface area contributed by atoms with Crippen molar-refractivity contribution >= 4 is 28.1 Å². The maximum absolute atomic E-state index is 10.5. The van der Waals surface area contributed by atoms with Gasteiger partial charge in [-0.05, 0) is 38.2 Å². The molecule has 20 heavy (non-hydrogen) atoms. The molecule has 0 aliphatic carbocycles. The highest BCUT2D eigenvalue weighted by molar-refractivity contribution is 7.99. The van der Waals surface area contributed by atoms with Gasteiger partial charge in [-0.25, -0.2) is 4.98 Å². The molecule has 0 unspecified atom stereocenters. The Morgan fingerprint density at radius 1 is 1.40 bits per heavy atom. The van der Waals surface area contributed by atoms with Crippen molar-refractivity contribution in [3.05, 3.63) is 22.5 Å². The maximum atomic E-state index is 10.5. The van der Waals surface area contributed by atoms with E-state index in [1.54, 1.807) is 11.3 Å². The van der Waals surface area contributed by atoms with Crippen LogP contribution in [0.15, 0.2) is 6.20 Å². The van der Waals surface area contributed by atoms with Gasteiger partial charge in [0.15, 0.2) is 4.96 Å². The standard InChI is InChI=1S/C14H21N3OS2/c1-10-8-17-12(11(2)16-13(17)20-10)7-15-9-14(18)3-5-19-6-4-14/h8,15,18H,3-7,9H2,1-2H3. The minimum absolute atomic E-state index is 0.520. The molecule has 2 N–H and O–H groups in total. The summed E-state index contributed by atoms with van der Waals surface area (Å²) < 4.78 is 2.17. The van der Waals surface area contributed by atoms with Gasteiger partial charge in [0.05, 0.1) is 17.0 Å². The van der Waals surface area contributed by atoms with Crippen LogP contribution in [-0.4, -0.2) is 38.1 Å². The fraction of sp³-hybridized carbons (Fsp3) is 0.643. The number of thioether (sulfide) groups is 1. The van der Waals surface area contributed by atoms with E-state index in [0.717, 1.165) is 41.5 Å². The molecule has 0 amide bonds. The maximum Gasteiger partial charge on any atom is 0.194 e. The largest absolute Gasteiger partial charge is 0.389 e. The average molecular weight is 311 g/mol. The Bertz CT molecular complexity index is 599. The molecule has 0 spiro atoms. The lowest BCUT2D eigenvalue weighted by atomic mass is 9.97. The minimum Gasteiger partial charge on any atom is -0.389 e. The number of aryl methyl sites for hydroxylation is 2. The lowest BCUT2D eigenvalue weighted by Crippen LogP contribution is -2.43. The first-order valence-corrected chi connectivity index (χ1v) is 8.99. The van der Waals surface area contributed by atoms with E-state index >= 15 is 0 Å². The third-order valence-electron chi connectivity index (χ3n) is 3.91. The highest BCUT2D eigenvalue weighted by Gasteiger charge is 2.29. The number of aliphatic hydroxyl groups is 1. The van der Waals surface area contributed by atoms with Gasteiger partial charge in [0.2, 0.25) is 0 Å². The number of imidazole rings is 1. The van der Waals surface area contributed by atoms with E-state index in [2.05, 4.69) is 34.7 Å². The molecule has 0 radical (unpaired) electrons. The van der Waals surface area contributed by atoms with Crippen LogP contribution in [0.2, 0.25) is 0 Å². The topological polar surface area (TPSA) is 49.6 Å². The van der Waals surface area contributed by atoms with Gasteiger partial charge in [-0.1, -0.05) is 0 Å². The van der Waals surface area contributed by atoms with Gasteiger partial charge < -0.3 is 10.4 Å². The number of aromatic nitrogens is 2. The second kappa shape index (κ2) is 5.67. The third kappa shape index (κ3) is 2.88. The highest BCUT2D eigenvalue weighted by atomic mass is 32.2. The van der Waals surface area contributed by atoms with Crippen LogP contribution in [-0.2, 0) is 6.54 Å². The Hall–Kier alpha value is -0.560. The zero-order valence-electron chi connectivity index (χ0n) is 12.0. The van der Waals surface area contributed by atoms with Crippen LogP contribution in [0.1, 0.15) is 29.1 Å². The number of thiazole rings is 1. The summed E-state index contributed by atoms with van der Waals surface area (Å²) in [4.78, 5) is 6.93. The molecule has 0 saturated carbocycles. The first-order chi connectivity index (χ1) is 9.57. The normalized spacial score (nSPS) is 18.8. The Morgan fingerprint density at radius 2 is 2.15 bits per heavy atom. The molecule has 3 rings (SSSR count). The average Bonchev–Trinajstić information content (AvgIpc) is 2.87. The summed E-state index contributed by atoms with van der Waals surface area (Å²) in [5, 5.41) is 13.9. The molecule has 1 aliphatic heterocycles. The highest BCUT2D eigenvalue weighted by Crippen LogP contribution is 2.26. The van der Waals surface area contributed by atoms with Crippen LogP contribution in [0.5, 0.6) is 0 Å². The van der Waals surface area contributed by atoms with Crippen molar-refractivity contribution in [1.82, 2.24) is 14.7 Å². The molecular weight excluding hydrogens is 290 g/mol. The zero-order chi connectivity index (χ0) is 14.2. The van der Waals surface area contributed by atoms with Crippen molar-refractivity contribution in [2.75, 3.05) is 18.1 Å². The van der Waals surface area contributed by atoms with Crippen LogP contribution in [0, 0.1) is 13.8 Å². The number of rotatable bonds is 4. The van der Waals surface area contributed by atoms with E-state index < -0.39 is 5.60 Å². The predicted octanol–water partition coefficient (Wildman–Crippen LogP) is 2.36. The lowest BCUT2D eigenvalue weighted by molar-refractivity contribution is 0.0319. The van der Waals surface area contributed by atoms with E-state index in [9.17, 15) is 5.11 Å². The number of nitrogens with zero attached hydrogens (tertiary/aromatic N) is 2. The van der Waals surface area contributed by atoms with Gasteiger partial charge in [-0.15, -0.1) is 11.3 Å². The van der Waals surface area contributed by atoms with Crippen molar-refractivity contribution in [3.63, 3.8) is 0 Å². The summed E-state index contributed by atoms with van der Waals surface area (Å²) in [5.41, 5.74) is 1.76. The van der Waals surface area contributed by atoms with Crippen LogP contribution < -0.4 is 5.32 Å². The molecule has 4 nitrogen and oxygen atoms in total. The molecule has 0 bridgehead atoms. The Kier molecular flexibility index (Phi) is 4.08. The number of hydrogen-bond donors (Lipinski definition) is 2. The zero-order valence-corrected chi connectivity index (χ0v) is 13.6. The molecule has 1 fully saturated rings. The van der Waals surface area contributed by atoms with E-state index in [-0.39, 0.29) is 0 Å². The van der Waals surface area contributed by atoms with Crippen LogP contribution >= 0.6 is 23.1 Å². The Labute approximate surface area is 127 Å². The molecule has 2 aromatic heterocycles. The summed E-state index contributed by atoms with van der Waals surface area (Å²) in [6, 6.07) is 0. The first-order valence-electron chi connectivity index (χ1n) is 7.02. The lowest BCUT2D eigenvalue weighted by Gasteiger charge is -2.31. The van der Waals surface area contributed by atoms with E-state index in [0.29, 0.717) is 6.54 Å². The minimum atomic E-state index is -0.520. The molecule has 6 heteroatoms. The van der Waals surface area contributed by atoms with Crippen molar-refractivity contribution < 1.29 is 5.11 Å². The van der Waals surface area contributed by atoms with Gasteiger partial charge in [0.25, 0.3) is 0 Å². The van der Waals surface area contributed by atoms with Crippen molar-refractivity contribution in [3.8, 4) is 0 Å². The molecule has 3 heterocycles. The monoisotopic (exact) mass is 311 g/mol. The fourth-order valence-corrected chi connectivity index (χ4v) is 4.81. The van der Waals surface area contributed by atoms with E-state index in [1.807, 2.05) is 11.8 Å². The second-order valence-corrected chi connectivity index (χ2v) is 8.02.